The van der Waals surface area contributed by atoms with Gasteiger partial charge in [-0.1, -0.05) is 12.7 Å². The van der Waals surface area contributed by atoms with Gasteiger partial charge in [0, 0.05) is 30.6 Å². The first-order valence-corrected chi connectivity index (χ1v) is 9.91. The van der Waals surface area contributed by atoms with Crippen molar-refractivity contribution in [1.82, 2.24) is 9.97 Å². The van der Waals surface area contributed by atoms with E-state index in [-0.39, 0.29) is 0 Å². The van der Waals surface area contributed by atoms with Gasteiger partial charge in [-0.05, 0) is 57.9 Å². The second-order valence-electron chi connectivity index (χ2n) is 7.30. The topological polar surface area (TPSA) is 50.6 Å². The van der Waals surface area contributed by atoms with Gasteiger partial charge in [0.15, 0.2) is 5.82 Å². The van der Waals surface area contributed by atoms with Crippen LogP contribution >= 0.6 is 0 Å². The number of anilines is 1. The van der Waals surface area contributed by atoms with Gasteiger partial charge in [0.05, 0.1) is 12.1 Å². The van der Waals surface area contributed by atoms with Crippen molar-refractivity contribution in [2.75, 3.05) is 18.1 Å². The summed E-state index contributed by atoms with van der Waals surface area (Å²) in [7, 11) is 0. The molecule has 1 saturated heterocycles. The predicted octanol–water partition coefficient (Wildman–Crippen LogP) is 3.62. The fourth-order valence-corrected chi connectivity index (χ4v) is 4.48. The Morgan fingerprint density at radius 2 is 2.15 bits per heavy atom. The first kappa shape index (κ1) is 17.4. The van der Waals surface area contributed by atoms with Crippen LogP contribution < -0.4 is 4.90 Å². The smallest absolute Gasteiger partial charge is 0.180 e. The molecule has 1 aromatic heterocycles. The molecule has 0 aromatic carbocycles. The standard InChI is InChI=1S/C21H28N4O/c1-3-12-22-16(4-2)20-23-17-9-5-8-15(17)21(24-20)25-13-7-14-26-19-11-6-10-18(19)25/h3-4,12,18-19H,2,5-11,13-14H2,1H3/b12-3-,22-16?/t18?,19-/m0/s1. The number of allylic oxidation sites excluding steroid dienone is 2. The van der Waals surface area contributed by atoms with Crippen LogP contribution in [-0.4, -0.2) is 41.0 Å². The summed E-state index contributed by atoms with van der Waals surface area (Å²) in [5.74, 6) is 1.83. The molecular formula is C21H28N4O. The highest BCUT2D eigenvalue weighted by molar-refractivity contribution is 6.06. The summed E-state index contributed by atoms with van der Waals surface area (Å²) >= 11 is 0. The van der Waals surface area contributed by atoms with Crippen molar-refractivity contribution < 1.29 is 4.74 Å². The van der Waals surface area contributed by atoms with E-state index in [1.165, 1.54) is 30.5 Å². The first-order valence-electron chi connectivity index (χ1n) is 9.91. The van der Waals surface area contributed by atoms with E-state index in [0.29, 0.717) is 18.0 Å². The second kappa shape index (κ2) is 7.70. The molecule has 5 heteroatoms. The zero-order valence-electron chi connectivity index (χ0n) is 15.7. The van der Waals surface area contributed by atoms with Crippen LogP contribution in [0.4, 0.5) is 5.82 Å². The quantitative estimate of drug-likeness (QED) is 0.777. The molecule has 138 valence electrons. The summed E-state index contributed by atoms with van der Waals surface area (Å²) in [5, 5.41) is 0. The van der Waals surface area contributed by atoms with Gasteiger partial charge in [-0.3, -0.25) is 4.99 Å². The number of ether oxygens (including phenoxy) is 1. The lowest BCUT2D eigenvalue weighted by Crippen LogP contribution is -2.41. The van der Waals surface area contributed by atoms with Crippen LogP contribution in [0.3, 0.4) is 0 Å². The lowest BCUT2D eigenvalue weighted by molar-refractivity contribution is 0.0590. The van der Waals surface area contributed by atoms with Crippen molar-refractivity contribution >= 4 is 11.5 Å². The molecular weight excluding hydrogens is 324 g/mol. The third kappa shape index (κ3) is 3.20. The van der Waals surface area contributed by atoms with Crippen LogP contribution in [0, 0.1) is 0 Å². The molecule has 2 aliphatic carbocycles. The van der Waals surface area contributed by atoms with Crippen LogP contribution in [0.1, 0.15) is 56.1 Å². The summed E-state index contributed by atoms with van der Waals surface area (Å²) < 4.78 is 6.12. The molecule has 0 spiro atoms. The molecule has 1 aromatic rings. The molecule has 2 heterocycles. The third-order valence-electron chi connectivity index (χ3n) is 5.66. The Morgan fingerprint density at radius 3 is 3.00 bits per heavy atom. The fraction of sp³-hybridized carbons (Fsp3) is 0.571. The minimum atomic E-state index is 0.350. The Bertz CT molecular complexity index is 740. The number of hydrogen-bond donors (Lipinski definition) is 0. The van der Waals surface area contributed by atoms with Gasteiger partial charge in [0.25, 0.3) is 0 Å². The number of nitrogens with zero attached hydrogens (tertiary/aromatic N) is 4. The largest absolute Gasteiger partial charge is 0.376 e. The monoisotopic (exact) mass is 352 g/mol. The molecule has 5 nitrogen and oxygen atoms in total. The van der Waals surface area contributed by atoms with Crippen LogP contribution in [0.2, 0.25) is 0 Å². The lowest BCUT2D eigenvalue weighted by atomic mass is 10.1. The average molecular weight is 352 g/mol. The summed E-state index contributed by atoms with van der Waals surface area (Å²) in [4.78, 5) is 16.9. The van der Waals surface area contributed by atoms with Crippen molar-refractivity contribution in [2.45, 2.75) is 64.0 Å². The summed E-state index contributed by atoms with van der Waals surface area (Å²) in [5.41, 5.74) is 3.28. The molecule has 1 aliphatic heterocycles. The van der Waals surface area contributed by atoms with Crippen LogP contribution in [0.15, 0.2) is 29.9 Å². The van der Waals surface area contributed by atoms with Gasteiger partial charge in [0.2, 0.25) is 0 Å². The van der Waals surface area contributed by atoms with E-state index in [2.05, 4.69) is 16.5 Å². The minimum absolute atomic E-state index is 0.350. The van der Waals surface area contributed by atoms with Crippen molar-refractivity contribution in [1.29, 1.82) is 0 Å². The predicted molar refractivity (Wildman–Crippen MR) is 105 cm³/mol. The van der Waals surface area contributed by atoms with E-state index in [9.17, 15) is 0 Å². The third-order valence-corrected chi connectivity index (χ3v) is 5.66. The van der Waals surface area contributed by atoms with Crippen molar-refractivity contribution in [3.8, 4) is 0 Å². The number of aliphatic imine (C=N–C) groups is 1. The molecule has 1 unspecified atom stereocenters. The van der Waals surface area contributed by atoms with Gasteiger partial charge < -0.3 is 9.64 Å². The maximum absolute atomic E-state index is 6.12. The zero-order valence-corrected chi connectivity index (χ0v) is 15.7. The molecule has 0 amide bonds. The second-order valence-corrected chi connectivity index (χ2v) is 7.30. The number of aryl methyl sites for hydroxylation is 1. The van der Waals surface area contributed by atoms with E-state index in [1.807, 2.05) is 13.0 Å². The molecule has 2 atom stereocenters. The van der Waals surface area contributed by atoms with E-state index < -0.39 is 0 Å². The molecule has 0 radical (unpaired) electrons. The Morgan fingerprint density at radius 1 is 1.23 bits per heavy atom. The maximum Gasteiger partial charge on any atom is 0.180 e. The molecule has 2 fully saturated rings. The fourth-order valence-electron chi connectivity index (χ4n) is 4.48. The van der Waals surface area contributed by atoms with Crippen LogP contribution in [0.25, 0.3) is 0 Å². The highest BCUT2D eigenvalue weighted by Crippen LogP contribution is 2.36. The number of fused-ring (bicyclic) bond motifs is 2. The molecule has 4 rings (SSSR count). The Kier molecular flexibility index (Phi) is 5.16. The summed E-state index contributed by atoms with van der Waals surface area (Å²) in [6.45, 7) is 7.74. The SMILES string of the molecule is C=CC(=N/C=C\C)c1nc2c(c(N3CCCO[C@H]4CCCC43)n1)CCC2. The number of aromatic nitrogens is 2. The van der Waals surface area contributed by atoms with E-state index in [4.69, 9.17) is 14.7 Å². The van der Waals surface area contributed by atoms with Gasteiger partial charge in [0.1, 0.15) is 11.5 Å². The molecule has 0 N–H and O–H groups in total. The highest BCUT2D eigenvalue weighted by atomic mass is 16.5. The van der Waals surface area contributed by atoms with Gasteiger partial charge in [-0.25, -0.2) is 9.97 Å². The van der Waals surface area contributed by atoms with Crippen molar-refractivity contribution in [2.24, 2.45) is 4.99 Å². The number of hydrogen-bond acceptors (Lipinski definition) is 5. The normalized spacial score (nSPS) is 26.0. The molecule has 26 heavy (non-hydrogen) atoms. The van der Waals surface area contributed by atoms with Crippen molar-refractivity contribution in [3.63, 3.8) is 0 Å². The molecule has 3 aliphatic rings. The summed E-state index contributed by atoms with van der Waals surface area (Å²) in [6.07, 6.45) is 13.7. The Hall–Kier alpha value is -2.01. The van der Waals surface area contributed by atoms with Gasteiger partial charge in [-0.2, -0.15) is 0 Å². The van der Waals surface area contributed by atoms with Gasteiger partial charge >= 0.3 is 0 Å². The van der Waals surface area contributed by atoms with Crippen LogP contribution in [-0.2, 0) is 17.6 Å². The zero-order chi connectivity index (χ0) is 17.9. The minimum Gasteiger partial charge on any atom is -0.376 e. The van der Waals surface area contributed by atoms with E-state index in [1.54, 1.807) is 12.3 Å². The van der Waals surface area contributed by atoms with Crippen LogP contribution in [0.5, 0.6) is 0 Å². The Labute approximate surface area is 155 Å². The van der Waals surface area contributed by atoms with Crippen molar-refractivity contribution in [3.05, 3.63) is 42.0 Å². The number of rotatable bonds is 4. The average Bonchev–Trinajstić information content (AvgIpc) is 3.27. The van der Waals surface area contributed by atoms with Gasteiger partial charge in [-0.15, -0.1) is 0 Å². The van der Waals surface area contributed by atoms with E-state index >= 15 is 0 Å². The molecule has 1 saturated carbocycles. The highest BCUT2D eigenvalue weighted by Gasteiger charge is 2.37. The molecule has 0 bridgehead atoms. The lowest BCUT2D eigenvalue weighted by Gasteiger charge is -2.32. The maximum atomic E-state index is 6.12. The Balaban J connectivity index is 1.78. The first-order chi connectivity index (χ1) is 12.8. The van der Waals surface area contributed by atoms with E-state index in [0.717, 1.165) is 50.4 Å². The summed E-state index contributed by atoms with van der Waals surface area (Å²) in [6, 6.07) is 0.449.